The number of carbonyl (C=O) groups is 1. The van der Waals surface area contributed by atoms with Crippen LogP contribution in [0.25, 0.3) is 0 Å². The van der Waals surface area contributed by atoms with Crippen LogP contribution in [-0.4, -0.2) is 51.2 Å². The molecular weight excluding hydrogens is 256 g/mol. The number of benzene rings is 1. The number of amides is 1. The monoisotopic (exact) mass is 278 g/mol. The minimum Gasteiger partial charge on any atom is -0.497 e. The van der Waals surface area contributed by atoms with Gasteiger partial charge in [-0.05, 0) is 32.0 Å². The second-order valence-electron chi connectivity index (χ2n) is 4.95. The topological polar surface area (TPSA) is 50.8 Å². The highest BCUT2D eigenvalue weighted by Gasteiger charge is 2.29. The molecule has 0 radical (unpaired) electrons. The molecule has 1 atom stereocenters. The Labute approximate surface area is 119 Å². The Morgan fingerprint density at radius 1 is 1.30 bits per heavy atom. The number of hydrogen-bond acceptors (Lipinski definition) is 4. The van der Waals surface area contributed by atoms with Crippen molar-refractivity contribution in [2.24, 2.45) is 0 Å². The summed E-state index contributed by atoms with van der Waals surface area (Å²) >= 11 is 0. The molecule has 1 aromatic carbocycles. The number of hydrogen-bond donors (Lipinski definition) is 1. The molecule has 1 aliphatic heterocycles. The Morgan fingerprint density at radius 2 is 1.95 bits per heavy atom. The lowest BCUT2D eigenvalue weighted by atomic mass is 10.1. The van der Waals surface area contributed by atoms with Gasteiger partial charge in [-0.3, -0.25) is 4.79 Å². The zero-order chi connectivity index (χ0) is 14.5. The van der Waals surface area contributed by atoms with Gasteiger partial charge in [0.1, 0.15) is 11.5 Å². The van der Waals surface area contributed by atoms with Crippen molar-refractivity contribution in [3.05, 3.63) is 23.8 Å². The minimum atomic E-state index is 0.0416. The molecule has 0 aliphatic carbocycles. The zero-order valence-corrected chi connectivity index (χ0v) is 12.3. The van der Waals surface area contributed by atoms with Crippen LogP contribution in [0, 0.1) is 0 Å². The molecule has 1 N–H and O–H groups in total. The van der Waals surface area contributed by atoms with E-state index < -0.39 is 0 Å². The van der Waals surface area contributed by atoms with E-state index >= 15 is 0 Å². The van der Waals surface area contributed by atoms with Crippen molar-refractivity contribution in [1.29, 1.82) is 0 Å². The fourth-order valence-corrected chi connectivity index (χ4v) is 2.65. The third kappa shape index (κ3) is 3.04. The van der Waals surface area contributed by atoms with Crippen molar-refractivity contribution >= 4 is 5.91 Å². The van der Waals surface area contributed by atoms with Crippen molar-refractivity contribution in [2.75, 3.05) is 34.4 Å². The Balaban J connectivity index is 2.23. The predicted molar refractivity (Wildman–Crippen MR) is 77.5 cm³/mol. The average Bonchev–Trinajstić information content (AvgIpc) is 2.94. The molecule has 0 spiro atoms. The maximum absolute atomic E-state index is 12.7. The van der Waals surface area contributed by atoms with Crippen LogP contribution < -0.4 is 14.8 Å². The zero-order valence-electron chi connectivity index (χ0n) is 12.3. The molecule has 20 heavy (non-hydrogen) atoms. The minimum absolute atomic E-state index is 0.0416. The number of carbonyl (C=O) groups excluding carboxylic acids is 1. The van der Waals surface area contributed by atoms with E-state index in [4.69, 9.17) is 9.47 Å². The first-order valence-electron chi connectivity index (χ1n) is 6.88. The summed E-state index contributed by atoms with van der Waals surface area (Å²) in [6, 6.07) is 5.56. The number of rotatable bonds is 5. The first-order valence-corrected chi connectivity index (χ1v) is 6.88. The van der Waals surface area contributed by atoms with Crippen LogP contribution in [0.3, 0.4) is 0 Å². The molecule has 1 fully saturated rings. The second kappa shape index (κ2) is 6.61. The summed E-state index contributed by atoms with van der Waals surface area (Å²) in [6.45, 7) is 1.64. The van der Waals surface area contributed by atoms with Gasteiger partial charge in [0, 0.05) is 30.8 Å². The highest BCUT2D eigenvalue weighted by molar-refractivity contribution is 5.95. The summed E-state index contributed by atoms with van der Waals surface area (Å²) in [5.41, 5.74) is 0.615. The number of methoxy groups -OCH3 is 2. The molecule has 1 saturated heterocycles. The maximum atomic E-state index is 12.7. The number of nitrogens with one attached hydrogen (secondary N) is 1. The highest BCUT2D eigenvalue weighted by atomic mass is 16.5. The van der Waals surface area contributed by atoms with E-state index in [1.807, 2.05) is 11.9 Å². The van der Waals surface area contributed by atoms with E-state index in [1.165, 1.54) is 0 Å². The summed E-state index contributed by atoms with van der Waals surface area (Å²) in [5.74, 6) is 1.31. The standard InChI is InChI=1S/C15H22N2O3/c1-16-10-12-5-4-6-17(12)15(18)11-7-13(19-2)9-14(8-11)20-3/h7-9,12,16H,4-6,10H2,1-3H3. The van der Waals surface area contributed by atoms with Crippen LogP contribution in [0.15, 0.2) is 18.2 Å². The van der Waals surface area contributed by atoms with E-state index in [1.54, 1.807) is 32.4 Å². The van der Waals surface area contributed by atoms with Gasteiger partial charge in [-0.2, -0.15) is 0 Å². The lowest BCUT2D eigenvalue weighted by Crippen LogP contribution is -2.40. The van der Waals surface area contributed by atoms with Crippen LogP contribution in [0.1, 0.15) is 23.2 Å². The molecule has 0 bridgehead atoms. The number of likely N-dealkylation sites (tertiary alicyclic amines) is 1. The Morgan fingerprint density at radius 3 is 2.50 bits per heavy atom. The summed E-state index contributed by atoms with van der Waals surface area (Å²) in [6.07, 6.45) is 2.10. The summed E-state index contributed by atoms with van der Waals surface area (Å²) < 4.78 is 10.4. The van der Waals surface area contributed by atoms with Crippen molar-refractivity contribution < 1.29 is 14.3 Å². The van der Waals surface area contributed by atoms with E-state index in [0.29, 0.717) is 17.1 Å². The fraction of sp³-hybridized carbons (Fsp3) is 0.533. The first kappa shape index (κ1) is 14.7. The van der Waals surface area contributed by atoms with Crippen LogP contribution in [0.5, 0.6) is 11.5 Å². The van der Waals surface area contributed by atoms with Crippen molar-refractivity contribution in [1.82, 2.24) is 10.2 Å². The summed E-state index contributed by atoms with van der Waals surface area (Å²) in [4.78, 5) is 14.6. The molecule has 1 heterocycles. The van der Waals surface area contributed by atoms with Gasteiger partial charge in [0.2, 0.25) is 0 Å². The van der Waals surface area contributed by atoms with Crippen molar-refractivity contribution in [3.8, 4) is 11.5 Å². The van der Waals surface area contributed by atoms with Crippen LogP contribution in [0.4, 0.5) is 0 Å². The van der Waals surface area contributed by atoms with Crippen LogP contribution in [-0.2, 0) is 0 Å². The van der Waals surface area contributed by atoms with Gasteiger partial charge in [0.15, 0.2) is 0 Å². The molecule has 0 saturated carbocycles. The molecular formula is C15H22N2O3. The van der Waals surface area contributed by atoms with Crippen molar-refractivity contribution in [3.63, 3.8) is 0 Å². The third-order valence-electron chi connectivity index (χ3n) is 3.68. The molecule has 1 aliphatic rings. The average molecular weight is 278 g/mol. The smallest absolute Gasteiger partial charge is 0.254 e. The SMILES string of the molecule is CNCC1CCCN1C(=O)c1cc(OC)cc(OC)c1. The van der Waals surface area contributed by atoms with E-state index in [9.17, 15) is 4.79 Å². The van der Waals surface area contributed by atoms with Gasteiger partial charge < -0.3 is 19.7 Å². The van der Waals surface area contributed by atoms with Crippen molar-refractivity contribution in [2.45, 2.75) is 18.9 Å². The molecule has 5 nitrogen and oxygen atoms in total. The molecule has 1 amide bonds. The lowest BCUT2D eigenvalue weighted by Gasteiger charge is -2.25. The summed E-state index contributed by atoms with van der Waals surface area (Å²) in [7, 11) is 5.08. The molecule has 1 unspecified atom stereocenters. The predicted octanol–water partition coefficient (Wildman–Crippen LogP) is 1.53. The Kier molecular flexibility index (Phi) is 4.84. The van der Waals surface area contributed by atoms with Crippen LogP contribution >= 0.6 is 0 Å². The van der Waals surface area contributed by atoms with Gasteiger partial charge in [-0.15, -0.1) is 0 Å². The molecule has 110 valence electrons. The van der Waals surface area contributed by atoms with E-state index in [2.05, 4.69) is 5.32 Å². The van der Waals surface area contributed by atoms with Gasteiger partial charge in [-0.1, -0.05) is 0 Å². The van der Waals surface area contributed by atoms with Crippen LogP contribution in [0.2, 0.25) is 0 Å². The second-order valence-corrected chi connectivity index (χ2v) is 4.95. The largest absolute Gasteiger partial charge is 0.497 e. The molecule has 2 rings (SSSR count). The molecule has 0 aromatic heterocycles. The van der Waals surface area contributed by atoms with Gasteiger partial charge >= 0.3 is 0 Å². The maximum Gasteiger partial charge on any atom is 0.254 e. The quantitative estimate of drug-likeness (QED) is 0.887. The third-order valence-corrected chi connectivity index (χ3v) is 3.68. The summed E-state index contributed by atoms with van der Waals surface area (Å²) in [5, 5.41) is 3.15. The molecule has 5 heteroatoms. The fourth-order valence-electron chi connectivity index (χ4n) is 2.65. The first-order chi connectivity index (χ1) is 9.69. The van der Waals surface area contributed by atoms with Gasteiger partial charge in [0.05, 0.1) is 14.2 Å². The molecule has 1 aromatic rings. The Bertz CT molecular complexity index is 454. The normalized spacial score (nSPS) is 18.1. The Hall–Kier alpha value is -1.75. The number of ether oxygens (including phenoxy) is 2. The van der Waals surface area contributed by atoms with E-state index in [0.717, 1.165) is 25.9 Å². The number of likely N-dealkylation sites (N-methyl/N-ethyl adjacent to an activating group) is 1. The van der Waals surface area contributed by atoms with Gasteiger partial charge in [0.25, 0.3) is 5.91 Å². The highest BCUT2D eigenvalue weighted by Crippen LogP contribution is 2.26. The van der Waals surface area contributed by atoms with E-state index in [-0.39, 0.29) is 11.9 Å². The lowest BCUT2D eigenvalue weighted by molar-refractivity contribution is 0.0736. The van der Waals surface area contributed by atoms with Gasteiger partial charge in [-0.25, -0.2) is 0 Å². The number of nitrogens with zero attached hydrogens (tertiary/aromatic N) is 1.